The highest BCUT2D eigenvalue weighted by molar-refractivity contribution is 7.79. The largest absolute Gasteiger partial charge is 0.759 e. The van der Waals surface area contributed by atoms with Crippen molar-refractivity contribution in [1.29, 1.82) is 10.8 Å². The topological polar surface area (TPSA) is 172 Å². The first-order chi connectivity index (χ1) is 15.6. The summed E-state index contributed by atoms with van der Waals surface area (Å²) >= 11 is 11.9. The first kappa shape index (κ1) is 25.4. The number of diazo groups is 2. The molecule has 0 unspecified atom stereocenters. The maximum atomic E-state index is 8.52. The van der Waals surface area contributed by atoms with E-state index in [1.54, 1.807) is 46.0 Å². The van der Waals surface area contributed by atoms with E-state index in [1.165, 1.54) is 0 Å². The van der Waals surface area contributed by atoms with E-state index in [2.05, 4.69) is 20.1 Å². The third-order valence-electron chi connectivity index (χ3n) is 3.55. The molecular weight excluding hydrogens is 495 g/mol. The molecule has 0 spiro atoms. The van der Waals surface area contributed by atoms with Gasteiger partial charge in [0.2, 0.25) is 0 Å². The van der Waals surface area contributed by atoms with Crippen LogP contribution in [0.25, 0.3) is 21.3 Å². The summed E-state index contributed by atoms with van der Waals surface area (Å²) in [5, 5.41) is 26.1. The van der Waals surface area contributed by atoms with Crippen molar-refractivity contribution in [2.45, 2.75) is 0 Å². The Morgan fingerprint density at radius 3 is 1.33 bits per heavy atom. The van der Waals surface area contributed by atoms with Crippen LogP contribution in [0.4, 0.5) is 11.6 Å². The molecule has 0 aliphatic heterocycles. The Morgan fingerprint density at radius 2 is 1.06 bits per heavy atom. The van der Waals surface area contributed by atoms with Crippen LogP contribution < -0.4 is 0 Å². The standard InChI is InChI=1S/2C9H6ClN4.H2O4S/c2*10-7-3-1-2-4-8(7)14-6-5-9(12-11)13-14;1-5(2,3)4/h2*1-6H;(H2,1,2,3,4)/q2*+1;/p-2. The molecule has 0 saturated carbocycles. The minimum Gasteiger partial charge on any atom is -0.759 e. The third-order valence-corrected chi connectivity index (χ3v) is 4.19. The molecule has 4 rings (SSSR count). The van der Waals surface area contributed by atoms with E-state index in [9.17, 15) is 0 Å². The molecule has 2 aromatic heterocycles. The lowest BCUT2D eigenvalue weighted by atomic mass is 10.3. The lowest BCUT2D eigenvalue weighted by molar-refractivity contribution is 0.352. The summed E-state index contributed by atoms with van der Waals surface area (Å²) in [5.41, 5.74) is 1.51. The van der Waals surface area contributed by atoms with Crippen LogP contribution in [0.15, 0.2) is 73.1 Å². The number of para-hydroxylation sites is 2. The Hall–Kier alpha value is -3.85. The summed E-state index contributed by atoms with van der Waals surface area (Å²) in [7, 11) is -5.17. The van der Waals surface area contributed by atoms with Gasteiger partial charge < -0.3 is 9.11 Å². The van der Waals surface area contributed by atoms with Crippen LogP contribution in [-0.2, 0) is 10.4 Å². The van der Waals surface area contributed by atoms with Gasteiger partial charge in [-0.2, -0.15) is 0 Å². The Kier molecular flexibility index (Phi) is 8.99. The van der Waals surface area contributed by atoms with Gasteiger partial charge in [0.25, 0.3) is 0 Å². The zero-order chi connectivity index (χ0) is 24.4. The summed E-state index contributed by atoms with van der Waals surface area (Å²) in [4.78, 5) is 5.94. The number of rotatable bonds is 2. The second kappa shape index (κ2) is 11.7. The molecule has 0 saturated heterocycles. The SMILES string of the molecule is N#[N+]c1ccn(-c2ccccc2Cl)n1.N#[N+]c1ccn(-c2ccccc2Cl)n1.O=S(=O)([O-])[O-]. The molecule has 0 bridgehead atoms. The van der Waals surface area contributed by atoms with Gasteiger partial charge in [0, 0.05) is 20.4 Å². The summed E-state index contributed by atoms with van der Waals surface area (Å²) in [6.45, 7) is 0. The molecule has 0 amide bonds. The van der Waals surface area contributed by atoms with Crippen molar-refractivity contribution < 1.29 is 17.5 Å². The average Bonchev–Trinajstić information content (AvgIpc) is 3.43. The second-order valence-electron chi connectivity index (χ2n) is 5.75. The fourth-order valence-corrected chi connectivity index (χ4v) is 2.72. The van der Waals surface area contributed by atoms with Crippen LogP contribution in [0.5, 0.6) is 0 Å². The average molecular weight is 507 g/mol. The molecular formula is C18H12Cl2N8O4S. The molecule has 0 aliphatic carbocycles. The highest BCUT2D eigenvalue weighted by Gasteiger charge is 2.13. The second-order valence-corrected chi connectivity index (χ2v) is 7.38. The molecule has 168 valence electrons. The Balaban J connectivity index is 0.000000195. The van der Waals surface area contributed by atoms with Gasteiger partial charge in [-0.25, -0.2) is 0 Å². The van der Waals surface area contributed by atoms with Crippen molar-refractivity contribution in [1.82, 2.24) is 19.6 Å². The summed E-state index contributed by atoms with van der Waals surface area (Å²) in [6, 6.07) is 17.8. The number of aromatic nitrogens is 4. The maximum absolute atomic E-state index is 8.52. The Bertz CT molecular complexity index is 1320. The molecule has 12 nitrogen and oxygen atoms in total. The van der Waals surface area contributed by atoms with Gasteiger partial charge in [0.1, 0.15) is 11.4 Å². The lowest BCUT2D eigenvalue weighted by Crippen LogP contribution is -1.94. The van der Waals surface area contributed by atoms with Gasteiger partial charge in [-0.15, -0.1) is 9.36 Å². The van der Waals surface area contributed by atoms with Crippen molar-refractivity contribution >= 4 is 45.2 Å². The number of hydrogen-bond acceptors (Lipinski definition) is 8. The Labute approximate surface area is 197 Å². The smallest absolute Gasteiger partial charge is 0.488 e. The molecule has 33 heavy (non-hydrogen) atoms. The number of nitrogens with zero attached hydrogens (tertiary/aromatic N) is 8. The minimum absolute atomic E-state index is 0.255. The van der Waals surface area contributed by atoms with E-state index in [1.807, 2.05) is 36.4 Å². The molecule has 0 fully saturated rings. The van der Waals surface area contributed by atoms with Crippen molar-refractivity contribution in [3.8, 4) is 11.4 Å². The van der Waals surface area contributed by atoms with E-state index in [-0.39, 0.29) is 11.6 Å². The van der Waals surface area contributed by atoms with Crippen LogP contribution in [-0.4, -0.2) is 37.1 Å². The highest BCUT2D eigenvalue weighted by Crippen LogP contribution is 2.21. The minimum atomic E-state index is -5.17. The van der Waals surface area contributed by atoms with Crippen molar-refractivity contribution in [2.24, 2.45) is 0 Å². The number of benzene rings is 2. The van der Waals surface area contributed by atoms with E-state index in [4.69, 9.17) is 51.5 Å². The van der Waals surface area contributed by atoms with E-state index >= 15 is 0 Å². The predicted octanol–water partition coefficient (Wildman–Crippen LogP) is 4.68. The van der Waals surface area contributed by atoms with Crippen molar-refractivity contribution in [2.75, 3.05) is 0 Å². The van der Waals surface area contributed by atoms with Crippen LogP contribution in [0.3, 0.4) is 0 Å². The zero-order valence-corrected chi connectivity index (χ0v) is 18.6. The van der Waals surface area contributed by atoms with Gasteiger partial charge in [-0.05, 0) is 24.3 Å². The quantitative estimate of drug-likeness (QED) is 0.214. The summed E-state index contributed by atoms with van der Waals surface area (Å²) in [5.74, 6) is 0.509. The van der Waals surface area contributed by atoms with Crippen LogP contribution in [0, 0.1) is 10.8 Å². The molecule has 0 radical (unpaired) electrons. The molecule has 2 heterocycles. The van der Waals surface area contributed by atoms with E-state index < -0.39 is 10.4 Å². The van der Waals surface area contributed by atoms with Gasteiger partial charge in [0.05, 0.1) is 55.6 Å². The fourth-order valence-electron chi connectivity index (χ4n) is 2.28. The van der Waals surface area contributed by atoms with E-state index in [0.29, 0.717) is 10.0 Å². The van der Waals surface area contributed by atoms with Crippen LogP contribution in [0.1, 0.15) is 0 Å². The van der Waals surface area contributed by atoms with Crippen LogP contribution in [0.2, 0.25) is 10.0 Å². The first-order valence-corrected chi connectivity index (χ1v) is 10.7. The Morgan fingerprint density at radius 1 is 0.727 bits per heavy atom. The molecule has 0 aliphatic rings. The lowest BCUT2D eigenvalue weighted by Gasteiger charge is -2.06. The maximum Gasteiger partial charge on any atom is 0.488 e. The van der Waals surface area contributed by atoms with Crippen LogP contribution >= 0.6 is 23.2 Å². The normalized spacial score (nSPS) is 10.0. The summed E-state index contributed by atoms with van der Waals surface area (Å²) in [6.07, 6.45) is 3.35. The number of halogens is 2. The van der Waals surface area contributed by atoms with Gasteiger partial charge in [-0.3, -0.25) is 8.42 Å². The first-order valence-electron chi connectivity index (χ1n) is 8.60. The van der Waals surface area contributed by atoms with Gasteiger partial charge in [0.15, 0.2) is 0 Å². The zero-order valence-electron chi connectivity index (χ0n) is 16.3. The summed E-state index contributed by atoms with van der Waals surface area (Å²) < 4.78 is 37.2. The number of hydrogen-bond donors (Lipinski definition) is 0. The third kappa shape index (κ3) is 8.30. The molecule has 2 aromatic carbocycles. The van der Waals surface area contributed by atoms with Crippen molar-refractivity contribution in [3.05, 3.63) is 93.1 Å². The van der Waals surface area contributed by atoms with Gasteiger partial charge >= 0.3 is 11.6 Å². The predicted molar refractivity (Wildman–Crippen MR) is 117 cm³/mol. The molecule has 15 heteroatoms. The van der Waals surface area contributed by atoms with E-state index in [0.717, 1.165) is 11.4 Å². The molecule has 0 atom stereocenters. The van der Waals surface area contributed by atoms with Gasteiger partial charge in [-0.1, -0.05) is 47.5 Å². The van der Waals surface area contributed by atoms with Crippen molar-refractivity contribution in [3.63, 3.8) is 0 Å². The monoisotopic (exact) mass is 506 g/mol. The highest BCUT2D eigenvalue weighted by atomic mass is 35.5. The molecule has 0 N–H and O–H groups in total. The molecule has 4 aromatic rings. The fraction of sp³-hybridized carbons (Fsp3) is 0.